The van der Waals surface area contributed by atoms with E-state index in [2.05, 4.69) is 15.5 Å². The molecule has 1 aromatic heterocycles. The average molecular weight is 434 g/mol. The van der Waals surface area contributed by atoms with Crippen LogP contribution < -0.4 is 19.1 Å². The second-order valence-corrected chi connectivity index (χ2v) is 8.83. The van der Waals surface area contributed by atoms with Crippen LogP contribution in [0.5, 0.6) is 11.5 Å². The fourth-order valence-corrected chi connectivity index (χ4v) is 4.65. The molecular weight excluding hydrogens is 416 g/mol. The van der Waals surface area contributed by atoms with Crippen LogP contribution in [0.3, 0.4) is 0 Å². The molecule has 0 aliphatic rings. The Balaban J connectivity index is 1.79. The molecule has 0 fully saturated rings. The van der Waals surface area contributed by atoms with Crippen LogP contribution in [0.25, 0.3) is 0 Å². The number of rotatable bonds is 7. The van der Waals surface area contributed by atoms with E-state index in [1.807, 2.05) is 0 Å². The minimum absolute atomic E-state index is 0.0600. The highest BCUT2D eigenvalue weighted by atomic mass is 32.2. The number of hydrogen-bond acceptors (Lipinski definition) is 8. The molecule has 11 heteroatoms. The van der Waals surface area contributed by atoms with Crippen LogP contribution in [0.2, 0.25) is 0 Å². The van der Waals surface area contributed by atoms with Crippen molar-refractivity contribution < 1.29 is 22.7 Å². The van der Waals surface area contributed by atoms with Gasteiger partial charge in [-0.05, 0) is 30.3 Å². The Bertz CT molecular complexity index is 1120. The third kappa shape index (κ3) is 4.30. The fourth-order valence-electron chi connectivity index (χ4n) is 2.41. The van der Waals surface area contributed by atoms with Gasteiger partial charge in [0.25, 0.3) is 20.3 Å². The van der Waals surface area contributed by atoms with Crippen LogP contribution in [0.4, 0.5) is 10.8 Å². The summed E-state index contributed by atoms with van der Waals surface area (Å²) in [5.74, 6) is 0.393. The van der Waals surface area contributed by atoms with Gasteiger partial charge in [0.2, 0.25) is 5.13 Å². The first kappa shape index (κ1) is 20.6. The van der Waals surface area contributed by atoms with Crippen molar-refractivity contribution >= 4 is 38.1 Å². The first-order valence-corrected chi connectivity index (χ1v) is 10.5. The minimum Gasteiger partial charge on any atom is -0.493 e. The maximum absolute atomic E-state index is 12.7. The number of nitrogens with one attached hydrogen (secondary N) is 1. The molecule has 0 bridgehead atoms. The van der Waals surface area contributed by atoms with Gasteiger partial charge in [-0.25, -0.2) is 0 Å². The highest BCUT2D eigenvalue weighted by molar-refractivity contribution is 7.94. The molecule has 0 aliphatic carbocycles. The van der Waals surface area contributed by atoms with Crippen LogP contribution >= 0.6 is 11.3 Å². The van der Waals surface area contributed by atoms with Crippen molar-refractivity contribution in [2.75, 3.05) is 30.9 Å². The van der Waals surface area contributed by atoms with Crippen molar-refractivity contribution in [1.29, 1.82) is 0 Å². The molecule has 152 valence electrons. The summed E-state index contributed by atoms with van der Waals surface area (Å²) in [5.41, 5.74) is 0.780. The van der Waals surface area contributed by atoms with Crippen LogP contribution in [0.1, 0.15) is 10.4 Å². The Labute approximate surface area is 172 Å². The van der Waals surface area contributed by atoms with Gasteiger partial charge in [0, 0.05) is 12.6 Å². The van der Waals surface area contributed by atoms with E-state index < -0.39 is 15.9 Å². The van der Waals surface area contributed by atoms with Gasteiger partial charge in [-0.3, -0.25) is 14.4 Å². The van der Waals surface area contributed by atoms with Crippen LogP contribution in [-0.2, 0) is 10.0 Å². The second kappa shape index (κ2) is 8.45. The lowest BCUT2D eigenvalue weighted by atomic mass is 10.2. The smallest absolute Gasteiger partial charge is 0.293 e. The van der Waals surface area contributed by atoms with Gasteiger partial charge in [-0.2, -0.15) is 8.42 Å². The number of para-hydroxylation sites is 1. The maximum atomic E-state index is 12.7. The van der Waals surface area contributed by atoms with Crippen molar-refractivity contribution in [1.82, 2.24) is 10.2 Å². The predicted octanol–water partition coefficient (Wildman–Crippen LogP) is 2.63. The molecular formula is C18H18N4O5S2. The molecule has 0 unspecified atom stereocenters. The Morgan fingerprint density at radius 3 is 2.38 bits per heavy atom. The molecule has 3 aromatic rings. The van der Waals surface area contributed by atoms with Gasteiger partial charge in [0.15, 0.2) is 11.5 Å². The number of aromatic nitrogens is 2. The fraction of sp³-hybridized carbons (Fsp3) is 0.167. The standard InChI is InChI=1S/C18H18N4O5S2/c1-22(13-7-5-4-6-8-13)29(24,25)18-21-20-17(28-18)19-16(23)12-9-10-14(26-2)15(11-12)27-3/h4-11H,1-3H3,(H,19,20,23). The molecule has 0 saturated carbocycles. The average Bonchev–Trinajstić information content (AvgIpc) is 3.22. The minimum atomic E-state index is -3.90. The zero-order valence-corrected chi connectivity index (χ0v) is 17.5. The van der Waals surface area contributed by atoms with Crippen molar-refractivity contribution in [3.8, 4) is 11.5 Å². The molecule has 1 N–H and O–H groups in total. The molecule has 2 aromatic carbocycles. The Morgan fingerprint density at radius 1 is 1.03 bits per heavy atom. The maximum Gasteiger partial charge on any atom is 0.293 e. The zero-order chi connectivity index (χ0) is 21.0. The highest BCUT2D eigenvalue weighted by Gasteiger charge is 2.26. The van der Waals surface area contributed by atoms with Gasteiger partial charge in [0.05, 0.1) is 19.9 Å². The number of hydrogen-bond donors (Lipinski definition) is 1. The number of benzene rings is 2. The summed E-state index contributed by atoms with van der Waals surface area (Å²) in [7, 11) is 0.480. The lowest BCUT2D eigenvalue weighted by Gasteiger charge is -2.16. The van der Waals surface area contributed by atoms with Crippen LogP contribution in [0, 0.1) is 0 Å². The van der Waals surface area contributed by atoms with Gasteiger partial charge in [-0.1, -0.05) is 29.5 Å². The summed E-state index contributed by atoms with van der Waals surface area (Å²) in [5, 5.41) is 10.1. The second-order valence-electron chi connectivity index (χ2n) is 5.71. The highest BCUT2D eigenvalue weighted by Crippen LogP contribution is 2.29. The normalized spacial score (nSPS) is 11.0. The lowest BCUT2D eigenvalue weighted by molar-refractivity contribution is 0.102. The molecule has 29 heavy (non-hydrogen) atoms. The van der Waals surface area contributed by atoms with Crippen molar-refractivity contribution in [2.24, 2.45) is 0 Å². The summed E-state index contributed by atoms with van der Waals surface area (Å²) in [4.78, 5) is 12.5. The number of nitrogens with zero attached hydrogens (tertiary/aromatic N) is 3. The van der Waals surface area contributed by atoms with Gasteiger partial charge < -0.3 is 9.47 Å². The van der Waals surface area contributed by atoms with Gasteiger partial charge >= 0.3 is 0 Å². The third-order valence-electron chi connectivity index (χ3n) is 3.97. The van der Waals surface area contributed by atoms with E-state index in [1.54, 1.807) is 42.5 Å². The van der Waals surface area contributed by atoms with Gasteiger partial charge in [-0.15, -0.1) is 10.2 Å². The number of amides is 1. The summed E-state index contributed by atoms with van der Waals surface area (Å²) in [6.45, 7) is 0. The van der Waals surface area contributed by atoms with Gasteiger partial charge in [0.1, 0.15) is 0 Å². The van der Waals surface area contributed by atoms with E-state index in [1.165, 1.54) is 27.3 Å². The Hall–Kier alpha value is -3.18. The summed E-state index contributed by atoms with van der Waals surface area (Å²) < 4.78 is 36.7. The number of carbonyl (C=O) groups excluding carboxylic acids is 1. The molecule has 3 rings (SSSR count). The first-order chi connectivity index (χ1) is 13.9. The molecule has 0 saturated heterocycles. The number of methoxy groups -OCH3 is 2. The number of carbonyl (C=O) groups is 1. The zero-order valence-electron chi connectivity index (χ0n) is 15.8. The topological polar surface area (TPSA) is 111 Å². The van der Waals surface area contributed by atoms with Crippen molar-refractivity contribution in [3.63, 3.8) is 0 Å². The quantitative estimate of drug-likeness (QED) is 0.569. The van der Waals surface area contributed by atoms with Crippen LogP contribution in [0.15, 0.2) is 52.9 Å². The molecule has 1 heterocycles. The molecule has 9 nitrogen and oxygen atoms in total. The lowest BCUT2D eigenvalue weighted by Crippen LogP contribution is -2.26. The van der Waals surface area contributed by atoms with Crippen molar-refractivity contribution in [3.05, 3.63) is 54.1 Å². The van der Waals surface area contributed by atoms with E-state index in [0.29, 0.717) is 22.7 Å². The van der Waals surface area contributed by atoms with Crippen molar-refractivity contribution in [2.45, 2.75) is 4.34 Å². The molecule has 0 radical (unpaired) electrons. The Morgan fingerprint density at radius 2 is 1.72 bits per heavy atom. The van der Waals surface area contributed by atoms with E-state index in [9.17, 15) is 13.2 Å². The summed E-state index contributed by atoms with van der Waals surface area (Å²) in [6.07, 6.45) is 0. The Kier molecular flexibility index (Phi) is 5.99. The van der Waals surface area contributed by atoms with E-state index in [4.69, 9.17) is 9.47 Å². The summed E-state index contributed by atoms with van der Waals surface area (Å²) in [6, 6.07) is 13.2. The monoisotopic (exact) mass is 434 g/mol. The molecule has 0 spiro atoms. The number of anilines is 2. The van der Waals surface area contributed by atoms with E-state index >= 15 is 0 Å². The molecule has 0 atom stereocenters. The predicted molar refractivity (Wildman–Crippen MR) is 109 cm³/mol. The van der Waals surface area contributed by atoms with E-state index in [-0.39, 0.29) is 9.47 Å². The van der Waals surface area contributed by atoms with E-state index in [0.717, 1.165) is 15.6 Å². The largest absolute Gasteiger partial charge is 0.493 e. The summed E-state index contributed by atoms with van der Waals surface area (Å²) >= 11 is 0.764. The molecule has 0 aliphatic heterocycles. The number of ether oxygens (including phenoxy) is 2. The van der Waals surface area contributed by atoms with Crippen LogP contribution in [-0.4, -0.2) is 45.8 Å². The first-order valence-electron chi connectivity index (χ1n) is 8.27. The number of sulfonamides is 1. The third-order valence-corrected chi connectivity index (χ3v) is 6.94. The molecule has 1 amide bonds. The SMILES string of the molecule is COc1ccc(C(=O)Nc2nnc(S(=O)(=O)N(C)c3ccccc3)s2)cc1OC.